The first-order valence-corrected chi connectivity index (χ1v) is 2.85. The lowest BCUT2D eigenvalue weighted by Gasteiger charge is -2.18. The van der Waals surface area contributed by atoms with Gasteiger partial charge in [0.25, 0.3) is 0 Å². The Hall–Kier alpha value is -0.570. The lowest BCUT2D eigenvalue weighted by molar-refractivity contribution is -0.127. The molecule has 0 fully saturated rings. The SMILES string of the molecule is CC(C)(C)NC(=O)C[O]. The molecule has 0 spiro atoms. The fourth-order valence-corrected chi connectivity index (χ4v) is 0.454. The summed E-state index contributed by atoms with van der Waals surface area (Å²) in [6.07, 6.45) is 0. The minimum atomic E-state index is -0.683. The van der Waals surface area contributed by atoms with Gasteiger partial charge in [-0.1, -0.05) is 0 Å². The summed E-state index contributed by atoms with van der Waals surface area (Å²) in [7, 11) is 0. The third kappa shape index (κ3) is 5.30. The standard InChI is InChI=1S/C6H12NO2/c1-6(2,3)7-5(9)4-8/h4H2,1-3H3,(H,7,9). The van der Waals surface area contributed by atoms with Crippen molar-refractivity contribution in [3.63, 3.8) is 0 Å². The van der Waals surface area contributed by atoms with Crippen LogP contribution < -0.4 is 5.32 Å². The van der Waals surface area contributed by atoms with E-state index in [1.807, 2.05) is 20.8 Å². The molecule has 3 heteroatoms. The van der Waals surface area contributed by atoms with Crippen molar-refractivity contribution in [2.24, 2.45) is 0 Å². The zero-order chi connectivity index (χ0) is 7.49. The largest absolute Gasteiger partial charge is 0.349 e. The van der Waals surface area contributed by atoms with Gasteiger partial charge >= 0.3 is 0 Å². The minimum absolute atomic E-state index is 0.276. The van der Waals surface area contributed by atoms with Crippen LogP contribution in [0.2, 0.25) is 0 Å². The molecule has 1 amide bonds. The smallest absolute Gasteiger partial charge is 0.249 e. The zero-order valence-corrected chi connectivity index (χ0v) is 6.02. The van der Waals surface area contributed by atoms with Crippen molar-refractivity contribution < 1.29 is 9.90 Å². The predicted octanol–water partition coefficient (Wildman–Crippen LogP) is 0.332. The van der Waals surface area contributed by atoms with Crippen molar-refractivity contribution in [1.29, 1.82) is 0 Å². The Morgan fingerprint density at radius 2 is 1.89 bits per heavy atom. The summed E-state index contributed by atoms with van der Waals surface area (Å²) in [5.41, 5.74) is -0.276. The van der Waals surface area contributed by atoms with E-state index in [1.165, 1.54) is 0 Å². The van der Waals surface area contributed by atoms with E-state index in [0.29, 0.717) is 0 Å². The van der Waals surface area contributed by atoms with Crippen molar-refractivity contribution in [3.8, 4) is 0 Å². The van der Waals surface area contributed by atoms with Crippen LogP contribution in [0.25, 0.3) is 0 Å². The Labute approximate surface area is 55.1 Å². The maximum atomic E-state index is 10.4. The van der Waals surface area contributed by atoms with Gasteiger partial charge in [-0.2, -0.15) is 0 Å². The number of amides is 1. The molecule has 0 aromatic rings. The van der Waals surface area contributed by atoms with Crippen LogP contribution in [0.5, 0.6) is 0 Å². The van der Waals surface area contributed by atoms with Gasteiger partial charge in [0.05, 0.1) is 0 Å². The molecule has 0 atom stereocenters. The number of nitrogens with one attached hydrogen (secondary N) is 1. The van der Waals surface area contributed by atoms with Gasteiger partial charge in [-0.15, -0.1) is 0 Å². The predicted molar refractivity (Wildman–Crippen MR) is 33.4 cm³/mol. The molecule has 0 saturated carbocycles. The Balaban J connectivity index is 3.60. The average molecular weight is 130 g/mol. The highest BCUT2D eigenvalue weighted by molar-refractivity contribution is 5.77. The van der Waals surface area contributed by atoms with Gasteiger partial charge in [0, 0.05) is 5.54 Å². The van der Waals surface area contributed by atoms with Crippen LogP contribution in [-0.2, 0) is 9.90 Å². The maximum Gasteiger partial charge on any atom is 0.249 e. The number of carbonyl (C=O) groups excluding carboxylic acids is 1. The van der Waals surface area contributed by atoms with Gasteiger partial charge in [-0.25, -0.2) is 5.11 Å². The Bertz CT molecular complexity index is 104. The van der Waals surface area contributed by atoms with Crippen molar-refractivity contribution in [1.82, 2.24) is 5.32 Å². The summed E-state index contributed by atoms with van der Waals surface area (Å²) in [5, 5.41) is 12.4. The third-order valence-electron chi connectivity index (χ3n) is 0.646. The van der Waals surface area contributed by atoms with Gasteiger partial charge in [0.2, 0.25) is 5.91 Å². The van der Waals surface area contributed by atoms with Crippen LogP contribution in [0.3, 0.4) is 0 Å². The second-order valence-corrected chi connectivity index (χ2v) is 2.94. The molecule has 3 nitrogen and oxygen atoms in total. The van der Waals surface area contributed by atoms with Crippen LogP contribution in [-0.4, -0.2) is 18.1 Å². The highest BCUT2D eigenvalue weighted by Crippen LogP contribution is 1.96. The quantitative estimate of drug-likeness (QED) is 0.546. The molecule has 53 valence electrons. The lowest BCUT2D eigenvalue weighted by Crippen LogP contribution is -2.41. The van der Waals surface area contributed by atoms with Crippen molar-refractivity contribution in [2.75, 3.05) is 6.61 Å². The second kappa shape index (κ2) is 2.82. The third-order valence-corrected chi connectivity index (χ3v) is 0.646. The molecule has 0 rings (SSSR count). The van der Waals surface area contributed by atoms with Gasteiger partial charge < -0.3 is 5.32 Å². The molecular formula is C6H12NO2. The zero-order valence-electron chi connectivity index (χ0n) is 6.02. The normalized spacial score (nSPS) is 11.1. The fraction of sp³-hybridized carbons (Fsp3) is 0.833. The van der Waals surface area contributed by atoms with E-state index in [-0.39, 0.29) is 5.54 Å². The number of rotatable bonds is 1. The van der Waals surface area contributed by atoms with E-state index in [1.54, 1.807) is 0 Å². The first-order valence-electron chi connectivity index (χ1n) is 2.85. The average Bonchev–Trinajstić information content (AvgIpc) is 1.62. The molecule has 0 unspecified atom stereocenters. The molecule has 0 aromatic carbocycles. The van der Waals surface area contributed by atoms with E-state index in [9.17, 15) is 9.90 Å². The first-order chi connectivity index (χ1) is 3.95. The molecule has 1 radical (unpaired) electrons. The number of carbonyl (C=O) groups is 1. The van der Waals surface area contributed by atoms with Crippen LogP contribution in [0.15, 0.2) is 0 Å². The molecule has 1 N–H and O–H groups in total. The Morgan fingerprint density at radius 3 is 2.00 bits per heavy atom. The van der Waals surface area contributed by atoms with E-state index in [0.717, 1.165) is 0 Å². The van der Waals surface area contributed by atoms with E-state index < -0.39 is 12.5 Å². The summed E-state index contributed by atoms with van der Waals surface area (Å²) < 4.78 is 0. The van der Waals surface area contributed by atoms with Gasteiger partial charge in [0.15, 0.2) is 6.61 Å². The summed E-state index contributed by atoms with van der Waals surface area (Å²) in [6.45, 7) is 4.82. The first kappa shape index (κ1) is 8.43. The van der Waals surface area contributed by atoms with Crippen molar-refractivity contribution in [3.05, 3.63) is 0 Å². The van der Waals surface area contributed by atoms with Crippen LogP contribution in [0, 0.1) is 0 Å². The summed E-state index contributed by atoms with van der Waals surface area (Å²) in [6, 6.07) is 0. The maximum absolute atomic E-state index is 10.4. The summed E-state index contributed by atoms with van der Waals surface area (Å²) in [5.74, 6) is -0.442. The van der Waals surface area contributed by atoms with Crippen LogP contribution in [0.4, 0.5) is 0 Å². The van der Waals surface area contributed by atoms with E-state index in [2.05, 4.69) is 5.32 Å². The highest BCUT2D eigenvalue weighted by atomic mass is 16.3. The molecular weight excluding hydrogens is 118 g/mol. The second-order valence-electron chi connectivity index (χ2n) is 2.94. The number of hydrogen-bond donors (Lipinski definition) is 1. The van der Waals surface area contributed by atoms with Crippen LogP contribution >= 0.6 is 0 Å². The molecule has 0 saturated heterocycles. The van der Waals surface area contributed by atoms with Gasteiger partial charge in [-0.3, -0.25) is 4.79 Å². The molecule has 0 aliphatic carbocycles. The van der Waals surface area contributed by atoms with Gasteiger partial charge in [0.1, 0.15) is 0 Å². The summed E-state index contributed by atoms with van der Waals surface area (Å²) in [4.78, 5) is 10.4. The molecule has 0 aliphatic rings. The molecule has 0 aromatic heterocycles. The molecule has 0 heterocycles. The monoisotopic (exact) mass is 130 g/mol. The molecule has 0 bridgehead atoms. The Morgan fingerprint density at radius 1 is 1.44 bits per heavy atom. The minimum Gasteiger partial charge on any atom is -0.349 e. The molecule has 0 aliphatic heterocycles. The van der Waals surface area contributed by atoms with Crippen molar-refractivity contribution >= 4 is 5.91 Å². The topological polar surface area (TPSA) is 49.0 Å². The van der Waals surface area contributed by atoms with E-state index in [4.69, 9.17) is 0 Å². The molecule has 9 heavy (non-hydrogen) atoms. The fourth-order valence-electron chi connectivity index (χ4n) is 0.454. The highest BCUT2D eigenvalue weighted by Gasteiger charge is 2.12. The number of hydrogen-bond acceptors (Lipinski definition) is 1. The van der Waals surface area contributed by atoms with Crippen LogP contribution in [0.1, 0.15) is 20.8 Å². The van der Waals surface area contributed by atoms with E-state index >= 15 is 0 Å². The Kier molecular flexibility index (Phi) is 2.65. The van der Waals surface area contributed by atoms with Gasteiger partial charge in [-0.05, 0) is 20.8 Å². The van der Waals surface area contributed by atoms with Crippen molar-refractivity contribution in [2.45, 2.75) is 26.3 Å². The summed E-state index contributed by atoms with van der Waals surface area (Å²) >= 11 is 0. The lowest BCUT2D eigenvalue weighted by atomic mass is 10.1.